The van der Waals surface area contributed by atoms with Crippen molar-refractivity contribution in [1.29, 1.82) is 0 Å². The first kappa shape index (κ1) is 15.2. The highest BCUT2D eigenvalue weighted by Crippen LogP contribution is 2.24. The highest BCUT2D eigenvalue weighted by atomic mass is 16.2. The molecule has 0 spiro atoms. The van der Waals surface area contributed by atoms with Crippen LogP contribution in [-0.4, -0.2) is 43.8 Å². The normalized spacial score (nSPS) is 18.7. The Morgan fingerprint density at radius 2 is 1.89 bits per heavy atom. The molecule has 1 saturated carbocycles. The van der Waals surface area contributed by atoms with Gasteiger partial charge in [0.2, 0.25) is 5.91 Å². The zero-order chi connectivity index (χ0) is 13.5. The number of amides is 1. The summed E-state index contributed by atoms with van der Waals surface area (Å²) in [6.07, 6.45) is 5.76. The van der Waals surface area contributed by atoms with E-state index in [4.69, 9.17) is 0 Å². The van der Waals surface area contributed by atoms with Crippen LogP contribution in [0.2, 0.25) is 0 Å². The fourth-order valence-electron chi connectivity index (χ4n) is 2.68. The largest absolute Gasteiger partial charge is 0.359 e. The lowest BCUT2D eigenvalue weighted by Crippen LogP contribution is -2.38. The van der Waals surface area contributed by atoms with Gasteiger partial charge in [-0.05, 0) is 19.9 Å². The molecule has 0 heterocycles. The summed E-state index contributed by atoms with van der Waals surface area (Å²) in [7, 11) is 3.56. The van der Waals surface area contributed by atoms with Crippen molar-refractivity contribution in [2.24, 2.45) is 11.8 Å². The molecule has 104 valence electrons. The summed E-state index contributed by atoms with van der Waals surface area (Å²) in [6, 6.07) is 0. The Morgan fingerprint density at radius 1 is 1.28 bits per heavy atom. The molecule has 0 aromatic carbocycles. The van der Waals surface area contributed by atoms with Crippen molar-refractivity contribution in [3.8, 4) is 0 Å². The summed E-state index contributed by atoms with van der Waals surface area (Å²) >= 11 is 0. The molecule has 1 aliphatic carbocycles. The summed E-state index contributed by atoms with van der Waals surface area (Å²) in [5.41, 5.74) is 0. The smallest absolute Gasteiger partial charge is 0.223 e. The maximum Gasteiger partial charge on any atom is 0.223 e. The molecule has 1 aliphatic rings. The van der Waals surface area contributed by atoms with E-state index in [1.165, 1.54) is 19.3 Å². The van der Waals surface area contributed by atoms with Crippen molar-refractivity contribution in [2.45, 2.75) is 39.0 Å². The van der Waals surface area contributed by atoms with Crippen molar-refractivity contribution in [3.63, 3.8) is 0 Å². The molecule has 1 unspecified atom stereocenters. The molecular formula is C14H26N2O2. The van der Waals surface area contributed by atoms with Gasteiger partial charge in [-0.15, -0.1) is 0 Å². The topological polar surface area (TPSA) is 49.4 Å². The van der Waals surface area contributed by atoms with E-state index in [2.05, 4.69) is 5.32 Å². The molecule has 0 saturated heterocycles. The van der Waals surface area contributed by atoms with Crippen molar-refractivity contribution in [2.75, 3.05) is 27.2 Å². The van der Waals surface area contributed by atoms with Gasteiger partial charge in [0.05, 0.1) is 6.54 Å². The molecule has 1 rings (SSSR count). The first-order valence-corrected chi connectivity index (χ1v) is 6.97. The van der Waals surface area contributed by atoms with Crippen LogP contribution in [0.5, 0.6) is 0 Å². The molecule has 1 N–H and O–H groups in total. The molecule has 4 heteroatoms. The van der Waals surface area contributed by atoms with Crippen LogP contribution in [0.4, 0.5) is 0 Å². The van der Waals surface area contributed by atoms with Crippen LogP contribution in [0.1, 0.15) is 39.0 Å². The zero-order valence-electron chi connectivity index (χ0n) is 11.9. The maximum atomic E-state index is 12.1. The second-order valence-electron chi connectivity index (χ2n) is 5.51. The fraction of sp³-hybridized carbons (Fsp3) is 0.857. The number of likely N-dealkylation sites (N-methyl/N-ethyl adjacent to an activating group) is 1. The molecular weight excluding hydrogens is 228 g/mol. The summed E-state index contributed by atoms with van der Waals surface area (Å²) in [5.74, 6) is 0.573. The predicted octanol–water partition coefficient (Wildman–Crippen LogP) is 1.45. The predicted molar refractivity (Wildman–Crippen MR) is 72.3 cm³/mol. The van der Waals surface area contributed by atoms with E-state index in [-0.39, 0.29) is 17.7 Å². The Bertz CT molecular complexity index is 286. The third kappa shape index (κ3) is 4.77. The first-order chi connectivity index (χ1) is 8.54. The lowest BCUT2D eigenvalue weighted by molar-refractivity contribution is -0.127. The molecule has 0 aromatic heterocycles. The third-order valence-corrected chi connectivity index (χ3v) is 3.77. The van der Waals surface area contributed by atoms with E-state index in [1.54, 1.807) is 7.05 Å². The van der Waals surface area contributed by atoms with Crippen LogP contribution in [0.3, 0.4) is 0 Å². The van der Waals surface area contributed by atoms with Gasteiger partial charge in [0.15, 0.2) is 0 Å². The van der Waals surface area contributed by atoms with E-state index >= 15 is 0 Å². The summed E-state index contributed by atoms with van der Waals surface area (Å²) in [6.45, 7) is 3.00. The maximum absolute atomic E-state index is 12.1. The van der Waals surface area contributed by atoms with Crippen LogP contribution in [0, 0.1) is 11.8 Å². The molecule has 0 aliphatic heterocycles. The molecule has 1 atom stereocenters. The number of Topliss-reactive ketones (excluding diaryl/α,β-unsaturated/α-hetero) is 1. The molecule has 1 amide bonds. The van der Waals surface area contributed by atoms with Gasteiger partial charge >= 0.3 is 0 Å². The van der Waals surface area contributed by atoms with E-state index < -0.39 is 0 Å². The van der Waals surface area contributed by atoms with Gasteiger partial charge in [-0.1, -0.05) is 26.2 Å². The van der Waals surface area contributed by atoms with E-state index in [0.29, 0.717) is 18.9 Å². The standard InChI is InChI=1S/C14H26N2O2/c1-11(14(18)15-2)9-16(3)10-13(17)12-7-5-4-6-8-12/h11-12H,4-10H2,1-3H3,(H,15,18). The Kier molecular flexibility index (Phi) is 6.33. The number of ketones is 1. The summed E-state index contributed by atoms with van der Waals surface area (Å²) in [4.78, 5) is 25.5. The van der Waals surface area contributed by atoms with Gasteiger partial charge in [0, 0.05) is 25.4 Å². The highest BCUT2D eigenvalue weighted by Gasteiger charge is 2.23. The minimum absolute atomic E-state index is 0.0342. The molecule has 1 fully saturated rings. The second kappa shape index (κ2) is 7.52. The van der Waals surface area contributed by atoms with Gasteiger partial charge in [0.25, 0.3) is 0 Å². The lowest BCUT2D eigenvalue weighted by atomic mass is 9.86. The molecule has 0 bridgehead atoms. The average molecular weight is 254 g/mol. The van der Waals surface area contributed by atoms with Crippen LogP contribution >= 0.6 is 0 Å². The third-order valence-electron chi connectivity index (χ3n) is 3.77. The van der Waals surface area contributed by atoms with Crippen molar-refractivity contribution in [1.82, 2.24) is 10.2 Å². The molecule has 0 radical (unpaired) electrons. The van der Waals surface area contributed by atoms with E-state index in [9.17, 15) is 9.59 Å². The minimum atomic E-state index is -0.0702. The summed E-state index contributed by atoms with van der Waals surface area (Å²) in [5, 5.41) is 2.64. The van der Waals surface area contributed by atoms with E-state index in [1.807, 2.05) is 18.9 Å². The van der Waals surface area contributed by atoms with Gasteiger partial charge < -0.3 is 5.32 Å². The molecule has 4 nitrogen and oxygen atoms in total. The minimum Gasteiger partial charge on any atom is -0.359 e. The molecule has 18 heavy (non-hydrogen) atoms. The fourth-order valence-corrected chi connectivity index (χ4v) is 2.68. The monoisotopic (exact) mass is 254 g/mol. The lowest BCUT2D eigenvalue weighted by Gasteiger charge is -2.24. The van der Waals surface area contributed by atoms with Crippen LogP contribution in [0.15, 0.2) is 0 Å². The van der Waals surface area contributed by atoms with Gasteiger partial charge in [-0.3, -0.25) is 14.5 Å². The molecule has 0 aromatic rings. The number of hydrogen-bond donors (Lipinski definition) is 1. The SMILES string of the molecule is CNC(=O)C(C)CN(C)CC(=O)C1CCCCC1. The number of carbonyl (C=O) groups excluding carboxylic acids is 2. The number of nitrogens with one attached hydrogen (secondary N) is 1. The Balaban J connectivity index is 2.32. The van der Waals surface area contributed by atoms with Crippen molar-refractivity contribution >= 4 is 11.7 Å². The van der Waals surface area contributed by atoms with Gasteiger partial charge in [0.1, 0.15) is 5.78 Å². The number of rotatable bonds is 6. The number of nitrogens with zero attached hydrogens (tertiary/aromatic N) is 1. The van der Waals surface area contributed by atoms with Crippen LogP contribution < -0.4 is 5.32 Å². The average Bonchev–Trinajstić information content (AvgIpc) is 2.38. The Labute approximate surface area is 110 Å². The van der Waals surface area contributed by atoms with Crippen LogP contribution in [-0.2, 0) is 9.59 Å². The summed E-state index contributed by atoms with van der Waals surface area (Å²) < 4.78 is 0. The van der Waals surface area contributed by atoms with Gasteiger partial charge in [-0.2, -0.15) is 0 Å². The zero-order valence-corrected chi connectivity index (χ0v) is 11.9. The number of carbonyl (C=O) groups is 2. The first-order valence-electron chi connectivity index (χ1n) is 6.97. The highest BCUT2D eigenvalue weighted by molar-refractivity contribution is 5.83. The Hall–Kier alpha value is -0.900. The Morgan fingerprint density at radius 3 is 2.44 bits per heavy atom. The second-order valence-corrected chi connectivity index (χ2v) is 5.51. The van der Waals surface area contributed by atoms with Crippen molar-refractivity contribution in [3.05, 3.63) is 0 Å². The number of hydrogen-bond acceptors (Lipinski definition) is 3. The quantitative estimate of drug-likeness (QED) is 0.780. The van der Waals surface area contributed by atoms with Crippen LogP contribution in [0.25, 0.3) is 0 Å². The van der Waals surface area contributed by atoms with E-state index in [0.717, 1.165) is 12.8 Å². The van der Waals surface area contributed by atoms with Gasteiger partial charge in [-0.25, -0.2) is 0 Å². The van der Waals surface area contributed by atoms with Crippen molar-refractivity contribution < 1.29 is 9.59 Å².